The van der Waals surface area contributed by atoms with Crippen molar-refractivity contribution in [1.29, 1.82) is 0 Å². The van der Waals surface area contributed by atoms with Crippen LogP contribution in [0, 0.1) is 0 Å². The second-order valence-electron chi connectivity index (χ2n) is 14.8. The molecule has 0 spiro atoms. The van der Waals surface area contributed by atoms with Crippen LogP contribution in [-0.2, 0) is 33.8 Å². The Bertz CT molecular complexity index is 1810. The summed E-state index contributed by atoms with van der Waals surface area (Å²) in [6.45, 7) is 14.2. The van der Waals surface area contributed by atoms with Crippen LogP contribution >= 0.6 is 188 Å². The molecule has 0 N–H and O–H groups in total. The molecule has 0 radical (unpaired) electrons. The summed E-state index contributed by atoms with van der Waals surface area (Å²) in [6.07, 6.45) is 8.85. The molecule has 0 saturated heterocycles. The minimum absolute atomic E-state index is 0.0865. The van der Waals surface area contributed by atoms with Crippen LogP contribution in [0.25, 0.3) is 0 Å². The van der Waals surface area contributed by atoms with Crippen LogP contribution in [0.2, 0.25) is 0 Å². The maximum atomic E-state index is 2.50. The lowest BCUT2D eigenvalue weighted by atomic mass is 9.85. The average molecular weight is 1040 g/mol. The maximum absolute atomic E-state index is 2.50. The molecule has 0 fully saturated rings. The Balaban J connectivity index is 1.24. The van der Waals surface area contributed by atoms with E-state index in [9.17, 15) is 0 Å². The number of benzene rings is 2. The van der Waals surface area contributed by atoms with Crippen molar-refractivity contribution in [1.82, 2.24) is 0 Å². The van der Waals surface area contributed by atoms with E-state index in [1.165, 1.54) is 84.2 Å². The summed E-state index contributed by atoms with van der Waals surface area (Å²) in [5.74, 6) is 3.92. The summed E-state index contributed by atoms with van der Waals surface area (Å²) in [7, 11) is 0. The molecule has 4 bridgehead atoms. The smallest absolute Gasteiger partial charge is 0.0717 e. The topological polar surface area (TPSA) is 0 Å². The van der Waals surface area contributed by atoms with Gasteiger partial charge in [0.15, 0.2) is 0 Å². The highest BCUT2D eigenvalue weighted by atomic mass is 32.3. The van der Waals surface area contributed by atoms with Gasteiger partial charge in [-0.05, 0) is 69.2 Å². The first-order chi connectivity index (χ1) is 26.7. The Morgan fingerprint density at radius 2 is 0.571 bits per heavy atom. The van der Waals surface area contributed by atoms with Crippen molar-refractivity contribution in [3.8, 4) is 0 Å². The Morgan fingerprint density at radius 1 is 0.339 bits per heavy atom. The minimum atomic E-state index is 0.0865. The second-order valence-corrected chi connectivity index (χ2v) is 33.3. The largest absolute Gasteiger partial charge is 0.121 e. The number of fused-ring (bicyclic) bond motifs is 4. The number of hydrogen-bond donors (Lipinski definition) is 0. The Hall–Kier alpha value is 2.48. The Labute approximate surface area is 404 Å². The molecule has 7 rings (SSSR count). The van der Waals surface area contributed by atoms with Gasteiger partial charge in [-0.25, -0.2) is 0 Å². The highest BCUT2D eigenvalue weighted by Gasteiger charge is 2.33. The molecular weight excluding hydrogens is 994 g/mol. The maximum Gasteiger partial charge on any atom is 0.0717 e. The number of hydrogen-bond acceptors (Lipinski definition) is 16. The molecule has 5 heterocycles. The molecule has 300 valence electrons. The zero-order valence-electron chi connectivity index (χ0n) is 32.8. The summed E-state index contributed by atoms with van der Waals surface area (Å²) in [5.41, 5.74) is 8.79. The van der Waals surface area contributed by atoms with Crippen LogP contribution in [0.3, 0.4) is 0 Å². The van der Waals surface area contributed by atoms with Crippen molar-refractivity contribution in [2.45, 2.75) is 75.4 Å². The van der Waals surface area contributed by atoms with E-state index in [-0.39, 0.29) is 10.8 Å². The molecule has 2 aromatic rings. The molecule has 16 heteroatoms. The molecule has 0 nitrogen and oxygen atoms in total. The SMILES string of the molecule is CSC1=C(SC)SC(=C2SC3=C(SCc4cc(cc(C(C)(C)C)c4)CSC4=C(SCc5cc(cc(C(C)(C)C)c5)CS3)SC(=C3SC(SC)=C(SC)S3)S4)S2)S1. The summed E-state index contributed by atoms with van der Waals surface area (Å²) < 4.78 is 17.5. The average Bonchev–Trinajstić information content (AvgIpc) is 3.97. The van der Waals surface area contributed by atoms with Gasteiger partial charge in [0.2, 0.25) is 0 Å². The normalized spacial score (nSPS) is 20.5. The van der Waals surface area contributed by atoms with Gasteiger partial charge in [0.25, 0.3) is 0 Å². The first-order valence-electron chi connectivity index (χ1n) is 17.6. The minimum Gasteiger partial charge on any atom is -0.121 e. The monoisotopic (exact) mass is 1040 g/mol. The molecule has 2 aromatic carbocycles. The van der Waals surface area contributed by atoms with Crippen LogP contribution in [0.1, 0.15) is 74.9 Å². The van der Waals surface area contributed by atoms with E-state index >= 15 is 0 Å². The summed E-state index contributed by atoms with van der Waals surface area (Å²) in [6, 6.07) is 14.9. The zero-order valence-corrected chi connectivity index (χ0v) is 45.9. The third-order valence-corrected chi connectivity index (χ3v) is 31.4. The Morgan fingerprint density at radius 3 is 0.786 bits per heavy atom. The summed E-state index contributed by atoms with van der Waals surface area (Å²) >= 11 is 31.7. The van der Waals surface area contributed by atoms with Gasteiger partial charge in [0, 0.05) is 23.0 Å². The molecule has 0 atom stereocenters. The predicted octanol–water partition coefficient (Wildman–Crippen LogP) is 19.1. The van der Waals surface area contributed by atoms with Gasteiger partial charge in [-0.15, -0.1) is 94.1 Å². The van der Waals surface area contributed by atoms with Crippen LogP contribution in [0.15, 0.2) is 87.2 Å². The molecule has 0 aromatic heterocycles. The van der Waals surface area contributed by atoms with E-state index in [1.54, 1.807) is 0 Å². The van der Waals surface area contributed by atoms with Crippen molar-refractivity contribution in [3.63, 3.8) is 0 Å². The van der Waals surface area contributed by atoms with Crippen LogP contribution < -0.4 is 0 Å². The van der Waals surface area contributed by atoms with Gasteiger partial charge < -0.3 is 0 Å². The number of thioether (sulfide) groups is 16. The van der Waals surface area contributed by atoms with E-state index in [0.29, 0.717) is 0 Å². The van der Waals surface area contributed by atoms with Crippen molar-refractivity contribution in [2.75, 3.05) is 25.0 Å². The van der Waals surface area contributed by atoms with Crippen molar-refractivity contribution in [3.05, 3.63) is 121 Å². The lowest BCUT2D eigenvalue weighted by Crippen LogP contribution is -2.12. The fourth-order valence-electron chi connectivity index (χ4n) is 5.60. The first kappa shape index (κ1) is 46.5. The highest BCUT2D eigenvalue weighted by Crippen LogP contribution is 2.68. The Kier molecular flexibility index (Phi) is 17.0. The van der Waals surface area contributed by atoms with Crippen molar-refractivity contribution in [2.24, 2.45) is 0 Å². The third kappa shape index (κ3) is 11.6. The van der Waals surface area contributed by atoms with E-state index in [0.717, 1.165) is 23.0 Å². The molecule has 0 unspecified atom stereocenters. The van der Waals surface area contributed by atoms with Crippen LogP contribution in [-0.4, -0.2) is 25.0 Å². The standard InChI is InChI=1S/C40H44S16/c1-39(2,3)25-13-21-11-22(14-25)18-46-32-34(56-38(54-32)36-51-29(43-9)30(44-10)52-36)48-20-24-12-23(15-26(16-24)40(4,5)6)19-47-33-31(45-17-21)53-37(55-33)35-49-27(41-7)28(42-8)50-35/h11-16H,17-20H2,1-10H3. The zero-order chi connectivity index (χ0) is 39.8. The second kappa shape index (κ2) is 20.5. The molecule has 56 heavy (non-hydrogen) atoms. The first-order valence-corrected chi connectivity index (χ1v) is 32.9. The lowest BCUT2D eigenvalue weighted by molar-refractivity contribution is 0.589. The van der Waals surface area contributed by atoms with E-state index in [1.807, 2.05) is 188 Å². The lowest BCUT2D eigenvalue weighted by Gasteiger charge is -2.22. The molecular formula is C40H44S16. The summed E-state index contributed by atoms with van der Waals surface area (Å²) in [5, 5.41) is 0. The molecule has 5 aliphatic rings. The fourth-order valence-corrected chi connectivity index (χ4v) is 27.6. The van der Waals surface area contributed by atoms with E-state index in [4.69, 9.17) is 0 Å². The molecule has 0 saturated carbocycles. The summed E-state index contributed by atoms with van der Waals surface area (Å²) in [4.78, 5) is 0. The van der Waals surface area contributed by atoms with Crippen molar-refractivity contribution >= 4 is 188 Å². The quantitative estimate of drug-likeness (QED) is 0.285. The van der Waals surface area contributed by atoms with Gasteiger partial charge in [-0.2, -0.15) is 0 Å². The van der Waals surface area contributed by atoms with Crippen LogP contribution in [0.5, 0.6) is 0 Å². The molecule has 0 aliphatic carbocycles. The predicted molar refractivity (Wildman–Crippen MR) is 292 cm³/mol. The fraction of sp³-hybridized carbons (Fsp3) is 0.400. The molecule has 5 aliphatic heterocycles. The van der Waals surface area contributed by atoms with Crippen LogP contribution in [0.4, 0.5) is 0 Å². The van der Waals surface area contributed by atoms with E-state index in [2.05, 4.69) is 103 Å². The van der Waals surface area contributed by atoms with Crippen molar-refractivity contribution < 1.29 is 0 Å². The van der Waals surface area contributed by atoms with E-state index < -0.39 is 0 Å². The van der Waals surface area contributed by atoms with Gasteiger partial charge in [0.05, 0.1) is 50.8 Å². The highest BCUT2D eigenvalue weighted by molar-refractivity contribution is 8.46. The third-order valence-electron chi connectivity index (χ3n) is 8.54. The molecule has 0 amide bonds. The van der Waals surface area contributed by atoms with Gasteiger partial charge in [-0.1, -0.05) is 172 Å². The number of rotatable bonds is 4. The van der Waals surface area contributed by atoms with Gasteiger partial charge >= 0.3 is 0 Å². The van der Waals surface area contributed by atoms with Gasteiger partial charge in [0.1, 0.15) is 0 Å². The van der Waals surface area contributed by atoms with Gasteiger partial charge in [-0.3, -0.25) is 0 Å².